The van der Waals surface area contributed by atoms with Crippen LogP contribution in [0.15, 0.2) is 30.3 Å². The number of aliphatic hydroxyl groups is 1. The summed E-state index contributed by atoms with van der Waals surface area (Å²) in [6.45, 7) is 11.9. The number of carbonyl (C=O) groups is 3. The highest BCUT2D eigenvalue weighted by molar-refractivity contribution is 5.98. The first-order valence-electron chi connectivity index (χ1n) is 13.5. The van der Waals surface area contributed by atoms with Gasteiger partial charge in [0.05, 0.1) is 37.2 Å². The van der Waals surface area contributed by atoms with Crippen molar-refractivity contribution in [1.82, 2.24) is 10.2 Å². The van der Waals surface area contributed by atoms with Crippen molar-refractivity contribution in [2.45, 2.75) is 96.6 Å². The Bertz CT molecular complexity index is 1020. The topological polar surface area (TPSA) is 105 Å². The van der Waals surface area contributed by atoms with E-state index in [9.17, 15) is 19.5 Å². The third-order valence-electron chi connectivity index (χ3n) is 7.90. The Morgan fingerprint density at radius 2 is 1.89 bits per heavy atom. The average Bonchev–Trinajstić information content (AvgIpc) is 3.43. The van der Waals surface area contributed by atoms with Crippen molar-refractivity contribution in [1.29, 1.82) is 0 Å². The van der Waals surface area contributed by atoms with E-state index in [0.717, 1.165) is 12.0 Å². The molecule has 8 nitrogen and oxygen atoms in total. The minimum atomic E-state index is -1.12. The lowest BCUT2D eigenvalue weighted by atomic mass is 9.70. The molecule has 0 aromatic heterocycles. The van der Waals surface area contributed by atoms with Gasteiger partial charge in [0, 0.05) is 5.54 Å². The average molecular weight is 515 g/mol. The predicted molar refractivity (Wildman–Crippen MR) is 138 cm³/mol. The van der Waals surface area contributed by atoms with Crippen LogP contribution in [0, 0.1) is 17.3 Å². The molecule has 3 heterocycles. The first kappa shape index (κ1) is 27.6. The van der Waals surface area contributed by atoms with E-state index in [4.69, 9.17) is 9.47 Å². The van der Waals surface area contributed by atoms with Crippen molar-refractivity contribution in [3.8, 4) is 0 Å². The van der Waals surface area contributed by atoms with Crippen molar-refractivity contribution < 1.29 is 29.0 Å². The fraction of sp³-hybridized carbons (Fsp3) is 0.690. The van der Waals surface area contributed by atoms with Gasteiger partial charge in [-0.1, -0.05) is 51.1 Å². The maximum Gasteiger partial charge on any atom is 0.312 e. The molecule has 6 atom stereocenters. The Balaban J connectivity index is 1.73. The first-order valence-corrected chi connectivity index (χ1v) is 13.5. The van der Waals surface area contributed by atoms with Gasteiger partial charge >= 0.3 is 5.97 Å². The SMILES string of the molecule is CCOC(=O)[C@@H]1[C@@H]2CC[C@]3(O2)[C@H](C(=O)NC(C)(C)CC(C)(C)C)N([C@@H](CO)Cc2ccccc2)C(=O)[C@@H]13. The number of aliphatic hydroxyl groups excluding tert-OH is 1. The molecule has 0 saturated carbocycles. The summed E-state index contributed by atoms with van der Waals surface area (Å²) in [6, 6.07) is 8.01. The van der Waals surface area contributed by atoms with Crippen LogP contribution in [0.2, 0.25) is 0 Å². The van der Waals surface area contributed by atoms with Gasteiger partial charge in [0.15, 0.2) is 0 Å². The maximum atomic E-state index is 14.1. The van der Waals surface area contributed by atoms with Crippen LogP contribution in [0.1, 0.15) is 66.4 Å². The lowest BCUT2D eigenvalue weighted by molar-refractivity contribution is -0.155. The fourth-order valence-corrected chi connectivity index (χ4v) is 7.20. The highest BCUT2D eigenvalue weighted by atomic mass is 16.6. The van der Waals surface area contributed by atoms with Crippen molar-refractivity contribution in [3.05, 3.63) is 35.9 Å². The smallest absolute Gasteiger partial charge is 0.312 e. The van der Waals surface area contributed by atoms with Gasteiger partial charge in [-0.3, -0.25) is 14.4 Å². The molecule has 0 radical (unpaired) electrons. The molecule has 4 rings (SSSR count). The molecule has 3 saturated heterocycles. The molecule has 1 aromatic carbocycles. The number of nitrogens with one attached hydrogen (secondary N) is 1. The standard InChI is InChI=1S/C29H42N2O6/c1-7-36-26(35)21-20-13-14-29(37-20)22(21)25(34)31(19(16-32)15-18-11-9-8-10-12-18)23(29)24(33)30-28(5,6)17-27(2,3)4/h8-12,19-23,32H,7,13-17H2,1-6H3,(H,30,33)/t19-,20+,21-,22-,23+,29-/m1/s1. The number of fused-ring (bicyclic) bond motifs is 1. The quantitative estimate of drug-likeness (QED) is 0.491. The van der Waals surface area contributed by atoms with Crippen LogP contribution in [0.4, 0.5) is 0 Å². The van der Waals surface area contributed by atoms with Crippen molar-refractivity contribution in [2.24, 2.45) is 17.3 Å². The molecule has 3 aliphatic rings. The Morgan fingerprint density at radius 1 is 1.22 bits per heavy atom. The number of nitrogens with zero attached hydrogens (tertiary/aromatic N) is 1. The van der Waals surface area contributed by atoms with Crippen LogP contribution in [0.5, 0.6) is 0 Å². The fourth-order valence-electron chi connectivity index (χ4n) is 7.20. The van der Waals surface area contributed by atoms with Crippen molar-refractivity contribution in [3.63, 3.8) is 0 Å². The van der Waals surface area contributed by atoms with Crippen LogP contribution in [0.25, 0.3) is 0 Å². The summed E-state index contributed by atoms with van der Waals surface area (Å²) in [5.74, 6) is -2.63. The van der Waals surface area contributed by atoms with E-state index in [2.05, 4.69) is 26.1 Å². The number of ether oxygens (including phenoxy) is 2. The van der Waals surface area contributed by atoms with Crippen LogP contribution in [-0.2, 0) is 30.3 Å². The Morgan fingerprint density at radius 3 is 2.49 bits per heavy atom. The van der Waals surface area contributed by atoms with E-state index < -0.39 is 47.1 Å². The van der Waals surface area contributed by atoms with Gasteiger partial charge in [-0.15, -0.1) is 0 Å². The molecule has 0 unspecified atom stereocenters. The predicted octanol–water partition coefficient (Wildman–Crippen LogP) is 2.86. The van der Waals surface area contributed by atoms with E-state index in [0.29, 0.717) is 19.3 Å². The van der Waals surface area contributed by atoms with Crippen LogP contribution in [-0.4, -0.2) is 70.3 Å². The molecular formula is C29H42N2O6. The largest absolute Gasteiger partial charge is 0.466 e. The number of rotatable bonds is 9. The minimum Gasteiger partial charge on any atom is -0.466 e. The molecule has 1 spiro atoms. The van der Waals surface area contributed by atoms with E-state index >= 15 is 0 Å². The molecule has 3 aliphatic heterocycles. The number of likely N-dealkylation sites (tertiary alicyclic amines) is 1. The number of carbonyl (C=O) groups excluding carboxylic acids is 3. The van der Waals surface area contributed by atoms with Gasteiger partial charge in [-0.2, -0.15) is 0 Å². The van der Waals surface area contributed by atoms with Gasteiger partial charge in [0.1, 0.15) is 11.6 Å². The molecule has 1 aromatic rings. The summed E-state index contributed by atoms with van der Waals surface area (Å²) in [5.41, 5.74) is -0.737. The zero-order valence-electron chi connectivity index (χ0n) is 23.0. The number of esters is 1. The van der Waals surface area contributed by atoms with E-state index in [1.807, 2.05) is 44.2 Å². The summed E-state index contributed by atoms with van der Waals surface area (Å²) < 4.78 is 11.8. The van der Waals surface area contributed by atoms with Crippen LogP contribution >= 0.6 is 0 Å². The molecule has 0 aliphatic carbocycles. The number of hydrogen-bond donors (Lipinski definition) is 2. The first-order chi connectivity index (χ1) is 17.3. The lowest BCUT2D eigenvalue weighted by Crippen LogP contribution is -2.61. The zero-order valence-corrected chi connectivity index (χ0v) is 23.0. The summed E-state index contributed by atoms with van der Waals surface area (Å²) in [4.78, 5) is 42.8. The van der Waals surface area contributed by atoms with Crippen LogP contribution < -0.4 is 5.32 Å². The van der Waals surface area contributed by atoms with Gasteiger partial charge < -0.3 is 24.8 Å². The Labute approximate surface area is 220 Å². The summed E-state index contributed by atoms with van der Waals surface area (Å²) in [7, 11) is 0. The van der Waals surface area contributed by atoms with E-state index in [-0.39, 0.29) is 30.4 Å². The molecule has 2 bridgehead atoms. The molecule has 2 amide bonds. The van der Waals surface area contributed by atoms with Crippen molar-refractivity contribution in [2.75, 3.05) is 13.2 Å². The second kappa shape index (κ2) is 10.0. The Kier molecular flexibility index (Phi) is 7.47. The monoisotopic (exact) mass is 514 g/mol. The third kappa shape index (κ3) is 5.15. The molecular weight excluding hydrogens is 472 g/mol. The second-order valence-electron chi connectivity index (χ2n) is 12.7. The van der Waals surface area contributed by atoms with Gasteiger partial charge in [0.2, 0.25) is 11.8 Å². The molecule has 37 heavy (non-hydrogen) atoms. The highest BCUT2D eigenvalue weighted by Crippen LogP contribution is 2.59. The molecule has 8 heteroatoms. The van der Waals surface area contributed by atoms with Crippen molar-refractivity contribution >= 4 is 17.8 Å². The minimum absolute atomic E-state index is 0.0267. The summed E-state index contributed by atoms with van der Waals surface area (Å²) in [5, 5.41) is 13.7. The molecule has 3 fully saturated rings. The second-order valence-corrected chi connectivity index (χ2v) is 12.7. The summed E-state index contributed by atoms with van der Waals surface area (Å²) in [6.07, 6.45) is 1.75. The molecule has 2 N–H and O–H groups in total. The highest BCUT2D eigenvalue weighted by Gasteiger charge is 2.75. The third-order valence-corrected chi connectivity index (χ3v) is 7.90. The Hall–Kier alpha value is -2.45. The number of amides is 2. The lowest BCUT2D eigenvalue weighted by Gasteiger charge is -2.40. The van der Waals surface area contributed by atoms with Crippen LogP contribution in [0.3, 0.4) is 0 Å². The summed E-state index contributed by atoms with van der Waals surface area (Å²) >= 11 is 0. The normalized spacial score (nSPS) is 29.8. The zero-order chi connectivity index (χ0) is 27.2. The van der Waals surface area contributed by atoms with Gasteiger partial charge in [0.25, 0.3) is 0 Å². The number of hydrogen-bond acceptors (Lipinski definition) is 6. The number of benzene rings is 1. The van der Waals surface area contributed by atoms with Gasteiger partial charge in [-0.25, -0.2) is 0 Å². The molecule has 204 valence electrons. The van der Waals surface area contributed by atoms with E-state index in [1.165, 1.54) is 4.90 Å². The maximum absolute atomic E-state index is 14.1. The van der Waals surface area contributed by atoms with E-state index in [1.54, 1.807) is 6.92 Å². The van der Waals surface area contributed by atoms with Gasteiger partial charge in [-0.05, 0) is 57.4 Å².